The lowest BCUT2D eigenvalue weighted by Crippen LogP contribution is -2.27. The lowest BCUT2D eigenvalue weighted by Gasteiger charge is -2.11. The molecule has 1 aromatic carbocycles. The van der Waals surface area contributed by atoms with Crippen LogP contribution in [-0.2, 0) is 11.0 Å². The first kappa shape index (κ1) is 17.3. The Balaban J connectivity index is 1.99. The largest absolute Gasteiger partial charge is 0.416 e. The van der Waals surface area contributed by atoms with E-state index in [1.54, 1.807) is 31.3 Å². The van der Waals surface area contributed by atoms with E-state index in [-0.39, 0.29) is 16.7 Å². The summed E-state index contributed by atoms with van der Waals surface area (Å²) in [4.78, 5) is 25.3. The molecule has 0 unspecified atom stereocenters. The molecule has 2 aromatic rings. The molecular formula is C17H13F3N2O2S. The van der Waals surface area contributed by atoms with Crippen LogP contribution in [0.4, 0.5) is 18.0 Å². The highest BCUT2D eigenvalue weighted by atomic mass is 32.2. The van der Waals surface area contributed by atoms with Gasteiger partial charge in [0.25, 0.3) is 11.1 Å². The Morgan fingerprint density at radius 1 is 1.16 bits per heavy atom. The average Bonchev–Trinajstić information content (AvgIpc) is 3.12. The summed E-state index contributed by atoms with van der Waals surface area (Å²) in [7, 11) is 0. The standard InChI is InChI=1S/C17H13F3N2O2S/c1-2-21-15(23)14(25-16(21)24)10-13-7-4-8-22(13)12-6-3-5-11(9-12)17(18,19)20/h3-10H,2H2,1H3/b14-10+. The van der Waals surface area contributed by atoms with E-state index in [1.807, 2.05) is 0 Å². The van der Waals surface area contributed by atoms with Crippen molar-refractivity contribution in [2.45, 2.75) is 13.1 Å². The third kappa shape index (κ3) is 3.34. The van der Waals surface area contributed by atoms with Gasteiger partial charge in [-0.15, -0.1) is 0 Å². The van der Waals surface area contributed by atoms with E-state index in [1.165, 1.54) is 16.7 Å². The molecule has 3 rings (SSSR count). The SMILES string of the molecule is CCN1C(=O)S/C(=C/c2cccn2-c2cccc(C(F)(F)F)c2)C1=O. The van der Waals surface area contributed by atoms with E-state index in [0.717, 1.165) is 28.8 Å². The molecule has 1 fully saturated rings. The first-order valence-electron chi connectivity index (χ1n) is 7.41. The Hall–Kier alpha value is -2.48. The van der Waals surface area contributed by atoms with Crippen LogP contribution < -0.4 is 0 Å². The van der Waals surface area contributed by atoms with Crippen molar-refractivity contribution in [1.29, 1.82) is 0 Å². The van der Waals surface area contributed by atoms with Gasteiger partial charge in [-0.05, 0) is 55.1 Å². The van der Waals surface area contributed by atoms with Gasteiger partial charge in [0.1, 0.15) is 0 Å². The molecule has 1 aromatic heterocycles. The van der Waals surface area contributed by atoms with E-state index < -0.39 is 17.6 Å². The molecule has 0 radical (unpaired) electrons. The molecule has 2 heterocycles. The number of halogens is 3. The number of carbonyl (C=O) groups excluding carboxylic acids is 2. The quantitative estimate of drug-likeness (QED) is 0.749. The molecule has 0 saturated carbocycles. The van der Waals surface area contributed by atoms with Crippen LogP contribution in [0.2, 0.25) is 0 Å². The van der Waals surface area contributed by atoms with Crippen molar-refractivity contribution in [2.24, 2.45) is 0 Å². The minimum absolute atomic E-state index is 0.249. The third-order valence-electron chi connectivity index (χ3n) is 3.70. The van der Waals surface area contributed by atoms with Crippen molar-refractivity contribution < 1.29 is 22.8 Å². The summed E-state index contributed by atoms with van der Waals surface area (Å²) in [5.74, 6) is -0.394. The average molecular weight is 366 g/mol. The second-order valence-corrected chi connectivity index (χ2v) is 6.27. The van der Waals surface area contributed by atoms with E-state index in [4.69, 9.17) is 0 Å². The maximum atomic E-state index is 12.9. The van der Waals surface area contributed by atoms with Gasteiger partial charge in [0.05, 0.1) is 10.5 Å². The van der Waals surface area contributed by atoms with Gasteiger partial charge >= 0.3 is 6.18 Å². The van der Waals surface area contributed by atoms with Gasteiger partial charge < -0.3 is 4.57 Å². The lowest BCUT2D eigenvalue weighted by molar-refractivity contribution is -0.137. The second-order valence-electron chi connectivity index (χ2n) is 5.28. The van der Waals surface area contributed by atoms with Gasteiger partial charge in [-0.1, -0.05) is 6.07 Å². The van der Waals surface area contributed by atoms with Crippen LogP contribution in [0.5, 0.6) is 0 Å². The van der Waals surface area contributed by atoms with Gasteiger partial charge in [-0.3, -0.25) is 14.5 Å². The molecule has 4 nitrogen and oxygen atoms in total. The second kappa shape index (κ2) is 6.44. The molecule has 130 valence electrons. The van der Waals surface area contributed by atoms with Gasteiger partial charge in [-0.2, -0.15) is 13.2 Å². The summed E-state index contributed by atoms with van der Waals surface area (Å²) in [5, 5.41) is -0.351. The van der Waals surface area contributed by atoms with Crippen LogP contribution in [0.3, 0.4) is 0 Å². The molecule has 1 saturated heterocycles. The van der Waals surface area contributed by atoms with Crippen LogP contribution in [0.1, 0.15) is 18.2 Å². The van der Waals surface area contributed by atoms with E-state index in [9.17, 15) is 22.8 Å². The number of rotatable bonds is 3. The third-order valence-corrected chi connectivity index (χ3v) is 4.61. The number of hydrogen-bond donors (Lipinski definition) is 0. The predicted molar refractivity (Wildman–Crippen MR) is 89.1 cm³/mol. The maximum Gasteiger partial charge on any atom is 0.416 e. The molecule has 0 bridgehead atoms. The van der Waals surface area contributed by atoms with E-state index >= 15 is 0 Å². The van der Waals surface area contributed by atoms with Gasteiger partial charge in [-0.25, -0.2) is 0 Å². The molecule has 1 aliphatic rings. The molecule has 0 N–H and O–H groups in total. The van der Waals surface area contributed by atoms with Crippen molar-refractivity contribution >= 4 is 29.0 Å². The van der Waals surface area contributed by atoms with Crippen molar-refractivity contribution in [3.05, 3.63) is 58.8 Å². The Morgan fingerprint density at radius 2 is 1.92 bits per heavy atom. The Labute approximate surface area is 145 Å². The summed E-state index contributed by atoms with van der Waals surface area (Å²) >= 11 is 0.821. The normalized spacial score (nSPS) is 17.0. The van der Waals surface area contributed by atoms with Crippen molar-refractivity contribution in [2.75, 3.05) is 6.54 Å². The summed E-state index contributed by atoms with van der Waals surface area (Å²) in [6.45, 7) is 1.97. The van der Waals surface area contributed by atoms with Crippen LogP contribution in [0, 0.1) is 0 Å². The molecule has 25 heavy (non-hydrogen) atoms. The van der Waals surface area contributed by atoms with E-state index in [2.05, 4.69) is 0 Å². The molecule has 0 aliphatic carbocycles. The summed E-state index contributed by atoms with van der Waals surface area (Å²) in [5.41, 5.74) is 0.0812. The minimum atomic E-state index is -4.44. The first-order valence-corrected chi connectivity index (χ1v) is 8.23. The summed E-state index contributed by atoms with van der Waals surface area (Å²) in [6, 6.07) is 8.24. The molecule has 0 atom stereocenters. The number of aromatic nitrogens is 1. The fraction of sp³-hybridized carbons (Fsp3) is 0.176. The zero-order chi connectivity index (χ0) is 18.2. The number of carbonyl (C=O) groups is 2. The fourth-order valence-electron chi connectivity index (χ4n) is 2.49. The predicted octanol–water partition coefficient (Wildman–Crippen LogP) is 4.55. The zero-order valence-corrected chi connectivity index (χ0v) is 13.9. The highest BCUT2D eigenvalue weighted by molar-refractivity contribution is 8.18. The summed E-state index contributed by atoms with van der Waals surface area (Å²) < 4.78 is 40.2. The smallest absolute Gasteiger partial charge is 0.317 e. The lowest BCUT2D eigenvalue weighted by atomic mass is 10.2. The molecule has 0 spiro atoms. The monoisotopic (exact) mass is 366 g/mol. The number of benzene rings is 1. The number of hydrogen-bond acceptors (Lipinski definition) is 3. The number of alkyl halides is 3. The Bertz CT molecular complexity index is 871. The summed E-state index contributed by atoms with van der Waals surface area (Å²) in [6.07, 6.45) is -1.32. The zero-order valence-electron chi connectivity index (χ0n) is 13.1. The highest BCUT2D eigenvalue weighted by Crippen LogP contribution is 2.33. The highest BCUT2D eigenvalue weighted by Gasteiger charge is 2.34. The molecule has 1 aliphatic heterocycles. The number of thioether (sulfide) groups is 1. The van der Waals surface area contributed by atoms with Crippen molar-refractivity contribution in [1.82, 2.24) is 9.47 Å². The Morgan fingerprint density at radius 3 is 2.56 bits per heavy atom. The fourth-order valence-corrected chi connectivity index (χ4v) is 3.37. The number of nitrogens with zero attached hydrogens (tertiary/aromatic N) is 2. The van der Waals surface area contributed by atoms with Gasteiger partial charge in [0, 0.05) is 24.1 Å². The molecule has 8 heteroatoms. The Kier molecular flexibility index (Phi) is 4.47. The van der Waals surface area contributed by atoms with E-state index in [0.29, 0.717) is 11.4 Å². The van der Waals surface area contributed by atoms with Crippen LogP contribution in [0.25, 0.3) is 11.8 Å². The first-order chi connectivity index (χ1) is 11.8. The van der Waals surface area contributed by atoms with Crippen LogP contribution >= 0.6 is 11.8 Å². The number of imide groups is 1. The van der Waals surface area contributed by atoms with Crippen LogP contribution in [-0.4, -0.2) is 27.2 Å². The maximum absolute atomic E-state index is 12.9. The minimum Gasteiger partial charge on any atom is -0.317 e. The van der Waals surface area contributed by atoms with Gasteiger partial charge in [0.15, 0.2) is 0 Å². The van der Waals surface area contributed by atoms with Crippen LogP contribution in [0.15, 0.2) is 47.5 Å². The van der Waals surface area contributed by atoms with Crippen molar-refractivity contribution in [3.8, 4) is 5.69 Å². The number of amides is 2. The molecule has 2 amide bonds. The number of likely N-dealkylation sites (N-methyl/N-ethyl adjacent to an activating group) is 1. The molecular weight excluding hydrogens is 353 g/mol. The topological polar surface area (TPSA) is 42.3 Å². The van der Waals surface area contributed by atoms with Crippen molar-refractivity contribution in [3.63, 3.8) is 0 Å². The van der Waals surface area contributed by atoms with Gasteiger partial charge in [0.2, 0.25) is 0 Å².